The van der Waals surface area contributed by atoms with Crippen LogP contribution < -0.4 is 15.6 Å². The average Bonchev–Trinajstić information content (AvgIpc) is 2.41. The molecule has 0 unspecified atom stereocenters. The van der Waals surface area contributed by atoms with Crippen LogP contribution in [-0.4, -0.2) is 16.7 Å². The first-order valence-electron chi connectivity index (χ1n) is 5.59. The van der Waals surface area contributed by atoms with Gasteiger partial charge in [-0.05, 0) is 17.7 Å². The van der Waals surface area contributed by atoms with Crippen molar-refractivity contribution >= 4 is 5.82 Å². The maximum atomic E-state index is 11.7. The molecule has 1 aromatic heterocycles. The molecule has 5 nitrogen and oxygen atoms in total. The van der Waals surface area contributed by atoms with Gasteiger partial charge < -0.3 is 14.6 Å². The monoisotopic (exact) mass is 245 g/mol. The van der Waals surface area contributed by atoms with Crippen LogP contribution in [0.25, 0.3) is 0 Å². The first kappa shape index (κ1) is 12.2. The van der Waals surface area contributed by atoms with E-state index in [1.54, 1.807) is 26.6 Å². The molecule has 18 heavy (non-hydrogen) atoms. The fourth-order valence-corrected chi connectivity index (χ4v) is 1.59. The van der Waals surface area contributed by atoms with E-state index in [2.05, 4.69) is 10.3 Å². The van der Waals surface area contributed by atoms with E-state index in [4.69, 9.17) is 4.74 Å². The molecule has 1 heterocycles. The summed E-state index contributed by atoms with van der Waals surface area (Å²) in [5.41, 5.74) is 0.891. The first-order valence-corrected chi connectivity index (χ1v) is 5.59. The van der Waals surface area contributed by atoms with Crippen molar-refractivity contribution in [3.8, 4) is 5.75 Å². The Labute approximate surface area is 105 Å². The van der Waals surface area contributed by atoms with Gasteiger partial charge in [-0.3, -0.25) is 4.79 Å². The Hall–Kier alpha value is -2.30. The Morgan fingerprint density at radius 2 is 2.28 bits per heavy atom. The molecule has 2 rings (SSSR count). The molecule has 1 aromatic carbocycles. The maximum absolute atomic E-state index is 11.7. The lowest BCUT2D eigenvalue weighted by Gasteiger charge is -2.07. The number of anilines is 1. The van der Waals surface area contributed by atoms with Crippen molar-refractivity contribution in [1.29, 1.82) is 0 Å². The van der Waals surface area contributed by atoms with Gasteiger partial charge >= 0.3 is 0 Å². The molecule has 0 saturated heterocycles. The van der Waals surface area contributed by atoms with Gasteiger partial charge in [-0.25, -0.2) is 4.98 Å². The topological polar surface area (TPSA) is 56.1 Å². The molecule has 5 heteroatoms. The summed E-state index contributed by atoms with van der Waals surface area (Å²) in [7, 11) is 3.32. The maximum Gasteiger partial charge on any atom is 0.293 e. The number of methoxy groups -OCH3 is 1. The molecule has 0 amide bonds. The largest absolute Gasteiger partial charge is 0.497 e. The van der Waals surface area contributed by atoms with Gasteiger partial charge in [0.25, 0.3) is 5.56 Å². The highest BCUT2D eigenvalue weighted by Crippen LogP contribution is 2.12. The van der Waals surface area contributed by atoms with Crippen LogP contribution in [0.4, 0.5) is 5.82 Å². The molecule has 94 valence electrons. The minimum atomic E-state index is -0.139. The van der Waals surface area contributed by atoms with E-state index >= 15 is 0 Å². The molecular formula is C13H15N3O2. The van der Waals surface area contributed by atoms with Crippen molar-refractivity contribution < 1.29 is 4.74 Å². The van der Waals surface area contributed by atoms with Crippen LogP contribution in [0.1, 0.15) is 5.56 Å². The highest BCUT2D eigenvalue weighted by atomic mass is 16.5. The third-order valence-corrected chi connectivity index (χ3v) is 2.61. The Kier molecular flexibility index (Phi) is 3.62. The molecule has 0 aliphatic heterocycles. The molecule has 1 N–H and O–H groups in total. The normalized spacial score (nSPS) is 10.1. The summed E-state index contributed by atoms with van der Waals surface area (Å²) < 4.78 is 6.63. The number of ether oxygens (including phenoxy) is 1. The Bertz CT molecular complexity index is 593. The SMILES string of the molecule is COc1cccc(CNc2nccn(C)c2=O)c1. The van der Waals surface area contributed by atoms with Crippen molar-refractivity contribution in [2.75, 3.05) is 12.4 Å². The molecular weight excluding hydrogens is 230 g/mol. The highest BCUT2D eigenvalue weighted by Gasteiger charge is 2.02. The van der Waals surface area contributed by atoms with Crippen LogP contribution in [0.3, 0.4) is 0 Å². The molecule has 0 bridgehead atoms. The second-order valence-corrected chi connectivity index (χ2v) is 3.90. The lowest BCUT2D eigenvalue weighted by atomic mass is 10.2. The van der Waals surface area contributed by atoms with Crippen molar-refractivity contribution in [3.63, 3.8) is 0 Å². The molecule has 0 aliphatic carbocycles. The van der Waals surface area contributed by atoms with Crippen molar-refractivity contribution in [1.82, 2.24) is 9.55 Å². The van der Waals surface area contributed by atoms with Gasteiger partial charge in [0, 0.05) is 26.0 Å². The number of benzene rings is 1. The summed E-state index contributed by atoms with van der Waals surface area (Å²) in [4.78, 5) is 15.7. The van der Waals surface area contributed by atoms with Gasteiger partial charge in [0.2, 0.25) is 0 Å². The van der Waals surface area contributed by atoms with Crippen LogP contribution in [0.15, 0.2) is 41.5 Å². The predicted molar refractivity (Wildman–Crippen MR) is 69.8 cm³/mol. The number of hydrogen-bond donors (Lipinski definition) is 1. The molecule has 0 spiro atoms. The van der Waals surface area contributed by atoms with Crippen molar-refractivity contribution in [2.45, 2.75) is 6.54 Å². The summed E-state index contributed by atoms with van der Waals surface area (Å²) in [6.07, 6.45) is 3.22. The molecule has 0 aliphatic rings. The minimum Gasteiger partial charge on any atom is -0.497 e. The standard InChI is InChI=1S/C13H15N3O2/c1-16-7-6-14-12(13(16)17)15-9-10-4-3-5-11(8-10)18-2/h3-8H,9H2,1-2H3,(H,14,15). The van der Waals surface area contributed by atoms with Crippen LogP contribution in [0.5, 0.6) is 5.75 Å². The van der Waals surface area contributed by atoms with Gasteiger partial charge in [0.15, 0.2) is 5.82 Å². The van der Waals surface area contributed by atoms with Crippen LogP contribution >= 0.6 is 0 Å². The first-order chi connectivity index (χ1) is 8.70. The predicted octanol–water partition coefficient (Wildman–Crippen LogP) is 1.40. The van der Waals surface area contributed by atoms with E-state index in [0.29, 0.717) is 12.4 Å². The van der Waals surface area contributed by atoms with Crippen LogP contribution in [0, 0.1) is 0 Å². The minimum absolute atomic E-state index is 0.139. The Morgan fingerprint density at radius 1 is 1.44 bits per heavy atom. The number of rotatable bonds is 4. The van der Waals surface area contributed by atoms with Gasteiger partial charge in [-0.2, -0.15) is 0 Å². The van der Waals surface area contributed by atoms with Crippen LogP contribution in [-0.2, 0) is 13.6 Å². The van der Waals surface area contributed by atoms with Gasteiger partial charge in [0.1, 0.15) is 5.75 Å². The lowest BCUT2D eigenvalue weighted by molar-refractivity contribution is 0.414. The third-order valence-electron chi connectivity index (χ3n) is 2.61. The zero-order valence-corrected chi connectivity index (χ0v) is 10.4. The highest BCUT2D eigenvalue weighted by molar-refractivity contribution is 5.35. The van der Waals surface area contributed by atoms with Crippen LogP contribution in [0.2, 0.25) is 0 Å². The number of hydrogen-bond acceptors (Lipinski definition) is 4. The quantitative estimate of drug-likeness (QED) is 0.884. The summed E-state index contributed by atoms with van der Waals surface area (Å²) in [6.45, 7) is 0.531. The molecule has 0 saturated carbocycles. The molecule has 0 atom stereocenters. The second-order valence-electron chi connectivity index (χ2n) is 3.90. The Morgan fingerprint density at radius 3 is 3.06 bits per heavy atom. The average molecular weight is 245 g/mol. The van der Waals surface area contributed by atoms with Gasteiger partial charge in [-0.1, -0.05) is 12.1 Å². The zero-order valence-electron chi connectivity index (χ0n) is 10.4. The third kappa shape index (κ3) is 2.68. The smallest absolute Gasteiger partial charge is 0.293 e. The van der Waals surface area contributed by atoms with E-state index in [1.165, 1.54) is 4.57 Å². The van der Waals surface area contributed by atoms with E-state index in [0.717, 1.165) is 11.3 Å². The van der Waals surface area contributed by atoms with Crippen molar-refractivity contribution in [2.24, 2.45) is 7.05 Å². The van der Waals surface area contributed by atoms with E-state index in [-0.39, 0.29) is 5.56 Å². The lowest BCUT2D eigenvalue weighted by Crippen LogP contribution is -2.21. The summed E-state index contributed by atoms with van der Waals surface area (Å²) >= 11 is 0. The number of aromatic nitrogens is 2. The number of nitrogens with zero attached hydrogens (tertiary/aromatic N) is 2. The van der Waals surface area contributed by atoms with E-state index in [9.17, 15) is 4.79 Å². The van der Waals surface area contributed by atoms with Gasteiger partial charge in [0.05, 0.1) is 7.11 Å². The number of nitrogens with one attached hydrogen (secondary N) is 1. The fourth-order valence-electron chi connectivity index (χ4n) is 1.59. The van der Waals surface area contributed by atoms with E-state index in [1.807, 2.05) is 24.3 Å². The zero-order chi connectivity index (χ0) is 13.0. The summed E-state index contributed by atoms with van der Waals surface area (Å²) in [5.74, 6) is 1.14. The summed E-state index contributed by atoms with van der Waals surface area (Å²) in [5, 5.41) is 3.02. The molecule has 0 radical (unpaired) electrons. The molecule has 2 aromatic rings. The van der Waals surface area contributed by atoms with Crippen molar-refractivity contribution in [3.05, 3.63) is 52.6 Å². The fraction of sp³-hybridized carbons (Fsp3) is 0.231. The number of aryl methyl sites for hydroxylation is 1. The molecule has 0 fully saturated rings. The van der Waals surface area contributed by atoms with E-state index < -0.39 is 0 Å². The van der Waals surface area contributed by atoms with Gasteiger partial charge in [-0.15, -0.1) is 0 Å². The summed E-state index contributed by atoms with van der Waals surface area (Å²) in [6, 6.07) is 7.67. The Balaban J connectivity index is 2.11. The second kappa shape index (κ2) is 5.35.